The van der Waals surface area contributed by atoms with Gasteiger partial charge in [-0.25, -0.2) is 9.78 Å². The van der Waals surface area contributed by atoms with Gasteiger partial charge in [-0.1, -0.05) is 0 Å². The molecule has 0 bridgehead atoms. The van der Waals surface area contributed by atoms with Crippen LogP contribution in [0, 0.1) is 6.92 Å². The molecule has 5 nitrogen and oxygen atoms in total. The molecule has 1 saturated heterocycles. The SMILES string of the molecule is COC(=O)N1CCC[C@H](N[C@@H]2CCCc3nc(C)sc32)C1. The third-order valence-electron chi connectivity index (χ3n) is 4.35. The zero-order valence-corrected chi connectivity index (χ0v) is 13.5. The largest absolute Gasteiger partial charge is 0.453 e. The minimum atomic E-state index is -0.209. The van der Waals surface area contributed by atoms with Crippen LogP contribution in [-0.4, -0.2) is 42.2 Å². The second kappa shape index (κ2) is 6.32. The van der Waals surface area contributed by atoms with Crippen LogP contribution in [0.3, 0.4) is 0 Å². The summed E-state index contributed by atoms with van der Waals surface area (Å²) in [5, 5.41) is 4.92. The number of nitrogens with one attached hydrogen (secondary N) is 1. The van der Waals surface area contributed by atoms with E-state index in [0.717, 1.165) is 37.4 Å². The average molecular weight is 309 g/mol. The van der Waals surface area contributed by atoms with Crippen LogP contribution in [-0.2, 0) is 11.2 Å². The van der Waals surface area contributed by atoms with E-state index in [1.807, 2.05) is 16.2 Å². The van der Waals surface area contributed by atoms with E-state index in [4.69, 9.17) is 4.74 Å². The molecule has 0 aromatic carbocycles. The fourth-order valence-electron chi connectivity index (χ4n) is 3.39. The van der Waals surface area contributed by atoms with Gasteiger partial charge >= 0.3 is 6.09 Å². The van der Waals surface area contributed by atoms with E-state index in [1.54, 1.807) is 0 Å². The molecule has 2 aliphatic rings. The van der Waals surface area contributed by atoms with E-state index in [-0.39, 0.29) is 6.09 Å². The highest BCUT2D eigenvalue weighted by molar-refractivity contribution is 7.11. The number of ether oxygens (including phenoxy) is 1. The van der Waals surface area contributed by atoms with Crippen LogP contribution in [0.4, 0.5) is 4.79 Å². The molecule has 21 heavy (non-hydrogen) atoms. The molecule has 1 N–H and O–H groups in total. The molecule has 1 fully saturated rings. The first kappa shape index (κ1) is 14.8. The molecule has 2 heterocycles. The van der Waals surface area contributed by atoms with E-state index >= 15 is 0 Å². The lowest BCUT2D eigenvalue weighted by molar-refractivity contribution is 0.105. The molecule has 0 radical (unpaired) electrons. The maximum atomic E-state index is 11.7. The van der Waals surface area contributed by atoms with Crippen LogP contribution in [0.15, 0.2) is 0 Å². The number of hydrogen-bond donors (Lipinski definition) is 1. The summed E-state index contributed by atoms with van der Waals surface area (Å²) in [5.41, 5.74) is 1.28. The van der Waals surface area contributed by atoms with Gasteiger partial charge in [0.15, 0.2) is 0 Å². The Morgan fingerprint density at radius 2 is 2.29 bits per heavy atom. The number of aromatic nitrogens is 1. The first-order chi connectivity index (χ1) is 10.2. The quantitative estimate of drug-likeness (QED) is 0.912. The minimum absolute atomic E-state index is 0.209. The summed E-state index contributed by atoms with van der Waals surface area (Å²) in [7, 11) is 1.45. The molecule has 116 valence electrons. The number of likely N-dealkylation sites (tertiary alicyclic amines) is 1. The van der Waals surface area contributed by atoms with Crippen molar-refractivity contribution in [1.29, 1.82) is 0 Å². The number of aryl methyl sites for hydroxylation is 2. The smallest absolute Gasteiger partial charge is 0.409 e. The fraction of sp³-hybridized carbons (Fsp3) is 0.733. The molecule has 1 aliphatic carbocycles. The van der Waals surface area contributed by atoms with E-state index < -0.39 is 0 Å². The van der Waals surface area contributed by atoms with Crippen LogP contribution in [0.5, 0.6) is 0 Å². The van der Waals surface area contributed by atoms with E-state index in [9.17, 15) is 4.79 Å². The Balaban J connectivity index is 1.65. The van der Waals surface area contributed by atoms with Crippen molar-refractivity contribution in [1.82, 2.24) is 15.2 Å². The Morgan fingerprint density at radius 1 is 1.43 bits per heavy atom. The van der Waals surface area contributed by atoms with Gasteiger partial charge < -0.3 is 15.0 Å². The molecule has 2 atom stereocenters. The summed E-state index contributed by atoms with van der Waals surface area (Å²) in [6.07, 6.45) is 5.42. The van der Waals surface area contributed by atoms with Gasteiger partial charge in [-0.3, -0.25) is 0 Å². The lowest BCUT2D eigenvalue weighted by Crippen LogP contribution is -2.49. The van der Waals surface area contributed by atoms with Gasteiger partial charge in [0.05, 0.1) is 17.8 Å². The normalized spacial score (nSPS) is 25.5. The van der Waals surface area contributed by atoms with Crippen molar-refractivity contribution in [3.63, 3.8) is 0 Å². The number of nitrogens with zero attached hydrogens (tertiary/aromatic N) is 2. The van der Waals surface area contributed by atoms with Gasteiger partial charge in [0.1, 0.15) is 0 Å². The van der Waals surface area contributed by atoms with Crippen molar-refractivity contribution >= 4 is 17.4 Å². The number of piperidine rings is 1. The van der Waals surface area contributed by atoms with Gasteiger partial charge in [0.25, 0.3) is 0 Å². The Labute approximate surface area is 129 Å². The first-order valence-electron chi connectivity index (χ1n) is 7.72. The number of hydrogen-bond acceptors (Lipinski definition) is 5. The highest BCUT2D eigenvalue weighted by Gasteiger charge is 2.29. The van der Waals surface area contributed by atoms with Gasteiger partial charge in [0.2, 0.25) is 0 Å². The summed E-state index contributed by atoms with van der Waals surface area (Å²) in [4.78, 5) is 19.5. The zero-order chi connectivity index (χ0) is 14.8. The summed E-state index contributed by atoms with van der Waals surface area (Å²) >= 11 is 1.82. The maximum absolute atomic E-state index is 11.7. The summed E-state index contributed by atoms with van der Waals surface area (Å²) < 4.78 is 4.84. The predicted molar refractivity (Wildman–Crippen MR) is 82.7 cm³/mol. The van der Waals surface area contributed by atoms with Crippen molar-refractivity contribution in [3.05, 3.63) is 15.6 Å². The van der Waals surface area contributed by atoms with Crippen LogP contribution in [0.25, 0.3) is 0 Å². The van der Waals surface area contributed by atoms with Crippen molar-refractivity contribution in [2.45, 2.75) is 51.1 Å². The number of rotatable bonds is 2. The monoisotopic (exact) mass is 309 g/mol. The number of amides is 1. The van der Waals surface area contributed by atoms with Crippen LogP contribution < -0.4 is 5.32 Å². The molecular weight excluding hydrogens is 286 g/mol. The fourth-order valence-corrected chi connectivity index (χ4v) is 4.46. The molecule has 0 unspecified atom stereocenters. The topological polar surface area (TPSA) is 54.5 Å². The maximum Gasteiger partial charge on any atom is 0.409 e. The van der Waals surface area contributed by atoms with Crippen molar-refractivity contribution < 1.29 is 9.53 Å². The Kier molecular flexibility index (Phi) is 4.45. The van der Waals surface area contributed by atoms with Crippen molar-refractivity contribution in [2.75, 3.05) is 20.2 Å². The highest BCUT2D eigenvalue weighted by Crippen LogP contribution is 2.34. The van der Waals surface area contributed by atoms with E-state index in [2.05, 4.69) is 17.2 Å². The molecule has 0 spiro atoms. The summed E-state index contributed by atoms with van der Waals surface area (Å²) in [6, 6.07) is 0.763. The molecule has 6 heteroatoms. The van der Waals surface area contributed by atoms with E-state index in [1.165, 1.54) is 30.5 Å². The number of carbonyl (C=O) groups excluding carboxylic acids is 1. The zero-order valence-electron chi connectivity index (χ0n) is 12.7. The third kappa shape index (κ3) is 3.21. The number of methoxy groups -OCH3 is 1. The predicted octanol–water partition coefficient (Wildman–Crippen LogP) is 2.65. The minimum Gasteiger partial charge on any atom is -0.453 e. The van der Waals surface area contributed by atoms with Crippen LogP contribution in [0.2, 0.25) is 0 Å². The Bertz CT molecular complexity index is 517. The standard InChI is InChI=1S/C15H23N3O2S/c1-10-16-12-6-3-7-13(14(12)21-10)17-11-5-4-8-18(9-11)15(19)20-2/h11,13,17H,3-9H2,1-2H3/t11-,13+/m0/s1. The van der Waals surface area contributed by atoms with Gasteiger partial charge in [-0.05, 0) is 39.0 Å². The Morgan fingerprint density at radius 3 is 3.10 bits per heavy atom. The van der Waals surface area contributed by atoms with Gasteiger partial charge in [-0.2, -0.15) is 0 Å². The van der Waals surface area contributed by atoms with Crippen LogP contribution >= 0.6 is 11.3 Å². The number of fused-ring (bicyclic) bond motifs is 1. The number of carbonyl (C=O) groups is 1. The number of thiazole rings is 1. The van der Waals surface area contributed by atoms with Crippen molar-refractivity contribution in [3.8, 4) is 0 Å². The summed E-state index contributed by atoms with van der Waals surface area (Å²) in [5.74, 6) is 0. The van der Waals surface area contributed by atoms with Crippen molar-refractivity contribution in [2.24, 2.45) is 0 Å². The van der Waals surface area contributed by atoms with Gasteiger partial charge in [0, 0.05) is 30.1 Å². The molecule has 0 saturated carbocycles. The average Bonchev–Trinajstić information content (AvgIpc) is 2.88. The Hall–Kier alpha value is -1.14. The molecule has 1 aromatic rings. The van der Waals surface area contributed by atoms with Crippen LogP contribution in [0.1, 0.15) is 47.3 Å². The molecular formula is C15H23N3O2S. The lowest BCUT2D eigenvalue weighted by atomic mass is 9.96. The molecule has 1 aliphatic heterocycles. The second-order valence-corrected chi connectivity index (χ2v) is 7.15. The summed E-state index contributed by atoms with van der Waals surface area (Å²) in [6.45, 7) is 3.64. The van der Waals surface area contributed by atoms with Gasteiger partial charge in [-0.15, -0.1) is 11.3 Å². The second-order valence-electron chi connectivity index (χ2n) is 5.91. The molecule has 3 rings (SSSR count). The molecule has 1 aromatic heterocycles. The first-order valence-corrected chi connectivity index (χ1v) is 8.54. The highest BCUT2D eigenvalue weighted by atomic mass is 32.1. The lowest BCUT2D eigenvalue weighted by Gasteiger charge is -2.35. The van der Waals surface area contributed by atoms with E-state index in [0.29, 0.717) is 12.1 Å². The third-order valence-corrected chi connectivity index (χ3v) is 5.48. The molecule has 1 amide bonds.